The molecule has 0 aromatic heterocycles. The molecule has 138 valence electrons. The van der Waals surface area contributed by atoms with Gasteiger partial charge in [0.15, 0.2) is 0 Å². The summed E-state index contributed by atoms with van der Waals surface area (Å²) < 4.78 is 11.4. The maximum absolute atomic E-state index is 11.6. The van der Waals surface area contributed by atoms with E-state index in [0.29, 0.717) is 19.1 Å². The third kappa shape index (κ3) is 2.57. The highest BCUT2D eigenvalue weighted by Crippen LogP contribution is 2.73. The van der Waals surface area contributed by atoms with Crippen molar-refractivity contribution in [3.8, 4) is 0 Å². The van der Waals surface area contributed by atoms with E-state index in [1.165, 1.54) is 25.5 Å². The van der Waals surface area contributed by atoms with E-state index in [1.54, 1.807) is 11.9 Å². The molecule has 1 aromatic rings. The lowest BCUT2D eigenvalue weighted by atomic mass is 9.62. The molecule has 2 bridgehead atoms. The van der Waals surface area contributed by atoms with Crippen LogP contribution in [0.25, 0.3) is 0 Å². The standard InChI is InChI=1S/C21H31NO3/c1-19(2)17-11-12-20(19,3)21(15-17,16-9-7-6-8-10-16)25-14-13-22(4)18(23)24-5/h6-10,17H,11-15H2,1-5H3. The minimum atomic E-state index is -0.322. The van der Waals surface area contributed by atoms with Gasteiger partial charge in [-0.3, -0.25) is 0 Å². The molecule has 2 saturated carbocycles. The lowest BCUT2D eigenvalue weighted by Crippen LogP contribution is -2.48. The predicted octanol–water partition coefficient (Wildman–Crippen LogP) is 4.44. The summed E-state index contributed by atoms with van der Waals surface area (Å²) in [6.07, 6.45) is 3.20. The van der Waals surface area contributed by atoms with Gasteiger partial charge < -0.3 is 14.4 Å². The minimum absolute atomic E-state index is 0.0931. The third-order valence-corrected chi connectivity index (χ3v) is 7.36. The molecule has 4 heteroatoms. The van der Waals surface area contributed by atoms with Gasteiger partial charge in [-0.15, -0.1) is 0 Å². The number of methoxy groups -OCH3 is 1. The number of benzene rings is 1. The first-order valence-electron chi connectivity index (χ1n) is 9.27. The van der Waals surface area contributed by atoms with Gasteiger partial charge in [0.25, 0.3) is 0 Å². The first-order valence-corrected chi connectivity index (χ1v) is 9.27. The van der Waals surface area contributed by atoms with Crippen molar-refractivity contribution in [2.24, 2.45) is 16.7 Å². The normalized spacial score (nSPS) is 32.6. The van der Waals surface area contributed by atoms with E-state index >= 15 is 0 Å². The summed E-state index contributed by atoms with van der Waals surface area (Å²) in [4.78, 5) is 13.2. The predicted molar refractivity (Wildman–Crippen MR) is 98.3 cm³/mol. The molecule has 3 atom stereocenters. The lowest BCUT2D eigenvalue weighted by Gasteiger charge is -2.49. The van der Waals surface area contributed by atoms with Gasteiger partial charge >= 0.3 is 6.09 Å². The van der Waals surface area contributed by atoms with Crippen molar-refractivity contribution in [3.05, 3.63) is 35.9 Å². The molecular formula is C21H31NO3. The van der Waals surface area contributed by atoms with Crippen molar-refractivity contribution < 1.29 is 14.3 Å². The molecule has 1 aromatic carbocycles. The van der Waals surface area contributed by atoms with Crippen molar-refractivity contribution >= 4 is 6.09 Å². The van der Waals surface area contributed by atoms with E-state index in [0.717, 1.165) is 6.42 Å². The number of rotatable bonds is 5. The van der Waals surface area contributed by atoms with Crippen LogP contribution in [0.4, 0.5) is 4.79 Å². The molecule has 4 nitrogen and oxygen atoms in total. The quantitative estimate of drug-likeness (QED) is 0.792. The largest absolute Gasteiger partial charge is 0.453 e. The zero-order chi connectivity index (χ0) is 18.3. The Morgan fingerprint density at radius 2 is 1.92 bits per heavy atom. The summed E-state index contributed by atoms with van der Waals surface area (Å²) in [5.74, 6) is 0.677. The van der Waals surface area contributed by atoms with Gasteiger partial charge in [0, 0.05) is 19.0 Å². The van der Waals surface area contributed by atoms with Crippen molar-refractivity contribution in [2.45, 2.75) is 45.6 Å². The average Bonchev–Trinajstić information content (AvgIpc) is 2.94. The van der Waals surface area contributed by atoms with Crippen molar-refractivity contribution in [3.63, 3.8) is 0 Å². The molecule has 2 fully saturated rings. The van der Waals surface area contributed by atoms with Gasteiger partial charge in [0.05, 0.1) is 19.3 Å². The fourth-order valence-electron chi connectivity index (χ4n) is 5.30. The van der Waals surface area contributed by atoms with Crippen LogP contribution in [-0.4, -0.2) is 38.3 Å². The van der Waals surface area contributed by atoms with E-state index in [1.807, 2.05) is 0 Å². The SMILES string of the molecule is COC(=O)N(C)CCOC1(c2ccccc2)CC2CCC1(C)C2(C)C. The van der Waals surface area contributed by atoms with Crippen LogP contribution in [0.1, 0.15) is 45.6 Å². The average molecular weight is 345 g/mol. The second kappa shape index (κ2) is 6.31. The van der Waals surface area contributed by atoms with Crippen molar-refractivity contribution in [2.75, 3.05) is 27.3 Å². The fraction of sp³-hybridized carbons (Fsp3) is 0.667. The summed E-state index contributed by atoms with van der Waals surface area (Å²) in [6.45, 7) is 8.25. The van der Waals surface area contributed by atoms with Gasteiger partial charge in [-0.05, 0) is 36.2 Å². The van der Waals surface area contributed by atoms with Crippen LogP contribution in [0, 0.1) is 16.7 Å². The molecule has 0 spiro atoms. The topological polar surface area (TPSA) is 38.8 Å². The Morgan fingerprint density at radius 1 is 1.24 bits per heavy atom. The maximum atomic E-state index is 11.6. The Labute approximate surface area is 151 Å². The second-order valence-electron chi connectivity index (χ2n) is 8.43. The molecule has 2 aliphatic carbocycles. The highest BCUT2D eigenvalue weighted by molar-refractivity contribution is 5.66. The number of amides is 1. The van der Waals surface area contributed by atoms with Gasteiger partial charge in [0.1, 0.15) is 0 Å². The molecule has 0 aliphatic heterocycles. The smallest absolute Gasteiger partial charge is 0.409 e. The number of likely N-dealkylation sites (N-methyl/N-ethyl adjacent to an activating group) is 1. The molecule has 1 amide bonds. The van der Waals surface area contributed by atoms with Crippen LogP contribution in [0.5, 0.6) is 0 Å². The van der Waals surface area contributed by atoms with Gasteiger partial charge in [-0.1, -0.05) is 51.1 Å². The molecule has 0 N–H and O–H groups in total. The number of nitrogens with zero attached hydrogens (tertiary/aromatic N) is 1. The second-order valence-corrected chi connectivity index (χ2v) is 8.43. The van der Waals surface area contributed by atoms with E-state index in [4.69, 9.17) is 9.47 Å². The van der Waals surface area contributed by atoms with Gasteiger partial charge in [-0.2, -0.15) is 0 Å². The minimum Gasteiger partial charge on any atom is -0.453 e. The Bertz CT molecular complexity index is 629. The Hall–Kier alpha value is -1.55. The monoisotopic (exact) mass is 345 g/mol. The summed E-state index contributed by atoms with van der Waals surface area (Å²) >= 11 is 0. The van der Waals surface area contributed by atoms with Crippen molar-refractivity contribution in [1.82, 2.24) is 4.90 Å². The lowest BCUT2D eigenvalue weighted by molar-refractivity contribution is -0.147. The Balaban J connectivity index is 1.87. The highest BCUT2D eigenvalue weighted by atomic mass is 16.5. The van der Waals surface area contributed by atoms with E-state index < -0.39 is 0 Å². The fourth-order valence-corrected chi connectivity index (χ4v) is 5.30. The summed E-state index contributed by atoms with van der Waals surface area (Å²) in [5.41, 5.74) is 1.33. The summed E-state index contributed by atoms with van der Waals surface area (Å²) in [5, 5.41) is 0. The van der Waals surface area contributed by atoms with Crippen LogP contribution >= 0.6 is 0 Å². The third-order valence-electron chi connectivity index (χ3n) is 7.36. The molecule has 25 heavy (non-hydrogen) atoms. The van der Waals surface area contributed by atoms with E-state index in [2.05, 4.69) is 51.1 Å². The molecule has 3 unspecified atom stereocenters. The van der Waals surface area contributed by atoms with Crippen LogP contribution < -0.4 is 0 Å². The molecule has 3 rings (SSSR count). The Morgan fingerprint density at radius 3 is 2.44 bits per heavy atom. The van der Waals surface area contributed by atoms with E-state index in [-0.39, 0.29) is 22.5 Å². The van der Waals surface area contributed by atoms with Crippen LogP contribution in [-0.2, 0) is 15.1 Å². The molecule has 0 heterocycles. The van der Waals surface area contributed by atoms with E-state index in [9.17, 15) is 4.79 Å². The van der Waals surface area contributed by atoms with Crippen LogP contribution in [0.3, 0.4) is 0 Å². The zero-order valence-electron chi connectivity index (χ0n) is 16.2. The first-order chi connectivity index (χ1) is 11.8. The molecule has 0 radical (unpaired) electrons. The number of hydrogen-bond acceptors (Lipinski definition) is 3. The molecule has 0 saturated heterocycles. The van der Waals surface area contributed by atoms with Crippen LogP contribution in [0.15, 0.2) is 30.3 Å². The molecule has 2 aliphatic rings. The molecular weight excluding hydrogens is 314 g/mol. The highest BCUT2D eigenvalue weighted by Gasteiger charge is 2.69. The Kier molecular flexibility index (Phi) is 4.61. The summed E-state index contributed by atoms with van der Waals surface area (Å²) in [6, 6.07) is 10.7. The maximum Gasteiger partial charge on any atom is 0.409 e. The number of carbonyl (C=O) groups is 1. The zero-order valence-corrected chi connectivity index (χ0v) is 16.2. The number of ether oxygens (including phenoxy) is 2. The van der Waals surface area contributed by atoms with Crippen LogP contribution in [0.2, 0.25) is 0 Å². The summed E-state index contributed by atoms with van der Waals surface area (Å²) in [7, 11) is 3.15. The number of carbonyl (C=O) groups excluding carboxylic acids is 1. The van der Waals surface area contributed by atoms with Crippen molar-refractivity contribution in [1.29, 1.82) is 0 Å². The number of hydrogen-bond donors (Lipinski definition) is 0. The number of fused-ring (bicyclic) bond motifs is 2. The first kappa shape index (κ1) is 18.2. The van der Waals surface area contributed by atoms with Gasteiger partial charge in [-0.25, -0.2) is 4.79 Å². The van der Waals surface area contributed by atoms with Gasteiger partial charge in [0.2, 0.25) is 0 Å².